The van der Waals surface area contributed by atoms with Gasteiger partial charge in [-0.1, -0.05) is 30.3 Å². The quantitative estimate of drug-likeness (QED) is 0.601. The summed E-state index contributed by atoms with van der Waals surface area (Å²) < 4.78 is 38.7. The predicted octanol–water partition coefficient (Wildman–Crippen LogP) is 5.73. The van der Waals surface area contributed by atoms with Crippen LogP contribution in [0.4, 0.5) is 30.4 Å². The molecule has 2 N–H and O–H groups in total. The zero-order chi connectivity index (χ0) is 19.4. The first-order chi connectivity index (χ1) is 12.8. The van der Waals surface area contributed by atoms with Gasteiger partial charge in [0, 0.05) is 35.2 Å². The van der Waals surface area contributed by atoms with Crippen LogP contribution >= 0.6 is 0 Å². The zero-order valence-corrected chi connectivity index (χ0v) is 14.9. The van der Waals surface area contributed by atoms with E-state index in [9.17, 15) is 13.2 Å². The topological polar surface area (TPSA) is 49.8 Å². The Bertz CT molecular complexity index is 909. The van der Waals surface area contributed by atoms with Crippen molar-refractivity contribution in [2.75, 3.05) is 10.6 Å². The maximum atomic E-state index is 12.9. The monoisotopic (exact) mass is 372 g/mol. The van der Waals surface area contributed by atoms with E-state index in [0.717, 1.165) is 17.8 Å². The Morgan fingerprint density at radius 3 is 2.33 bits per heavy atom. The molecule has 0 fully saturated rings. The van der Waals surface area contributed by atoms with Gasteiger partial charge in [0.05, 0.1) is 5.69 Å². The molecule has 140 valence electrons. The van der Waals surface area contributed by atoms with Crippen LogP contribution in [-0.4, -0.2) is 16.0 Å². The molecule has 2 heterocycles. The molecule has 0 bridgehead atoms. The third-order valence-electron chi connectivity index (χ3n) is 3.67. The molecule has 7 heteroatoms. The second-order valence-corrected chi connectivity index (χ2v) is 6.34. The molecule has 4 nitrogen and oxygen atoms in total. The number of pyridine rings is 2. The molecule has 0 aliphatic heterocycles. The van der Waals surface area contributed by atoms with Crippen LogP contribution in [0.3, 0.4) is 0 Å². The highest BCUT2D eigenvalue weighted by Gasteiger charge is 2.32. The summed E-state index contributed by atoms with van der Waals surface area (Å²) in [5, 5.41) is 6.25. The van der Waals surface area contributed by atoms with Crippen molar-refractivity contribution in [1.29, 1.82) is 0 Å². The van der Waals surface area contributed by atoms with Gasteiger partial charge in [-0.3, -0.25) is 4.98 Å². The first kappa shape index (κ1) is 18.7. The largest absolute Gasteiger partial charge is 0.433 e. The Kier molecular flexibility index (Phi) is 5.30. The van der Waals surface area contributed by atoms with Crippen molar-refractivity contribution in [3.63, 3.8) is 0 Å². The van der Waals surface area contributed by atoms with Crippen molar-refractivity contribution in [2.45, 2.75) is 26.1 Å². The third kappa shape index (κ3) is 4.97. The molecular formula is C20H19F3N4. The predicted molar refractivity (Wildman–Crippen MR) is 101 cm³/mol. The lowest BCUT2D eigenvalue weighted by molar-refractivity contribution is -0.141. The maximum absolute atomic E-state index is 12.9. The van der Waals surface area contributed by atoms with Gasteiger partial charge in [0.1, 0.15) is 11.5 Å². The third-order valence-corrected chi connectivity index (χ3v) is 3.67. The fourth-order valence-corrected chi connectivity index (χ4v) is 2.56. The Hall–Kier alpha value is -3.09. The Morgan fingerprint density at radius 1 is 0.926 bits per heavy atom. The van der Waals surface area contributed by atoms with E-state index in [2.05, 4.69) is 20.6 Å². The first-order valence-corrected chi connectivity index (χ1v) is 8.45. The number of halogens is 3. The molecule has 3 aromatic rings. The molecule has 0 saturated carbocycles. The van der Waals surface area contributed by atoms with Crippen LogP contribution in [0, 0.1) is 0 Å². The molecule has 0 radical (unpaired) electrons. The highest BCUT2D eigenvalue weighted by molar-refractivity contribution is 5.71. The van der Waals surface area contributed by atoms with Gasteiger partial charge < -0.3 is 10.6 Å². The van der Waals surface area contributed by atoms with E-state index in [1.807, 2.05) is 44.2 Å². The van der Waals surface area contributed by atoms with Crippen LogP contribution in [0.1, 0.15) is 19.5 Å². The second-order valence-electron chi connectivity index (χ2n) is 6.34. The molecular weight excluding hydrogens is 353 g/mol. The number of aromatic nitrogens is 2. The fraction of sp³-hybridized carbons (Fsp3) is 0.200. The Labute approximate surface area is 155 Å². The van der Waals surface area contributed by atoms with Gasteiger partial charge in [0.15, 0.2) is 0 Å². The van der Waals surface area contributed by atoms with E-state index in [-0.39, 0.29) is 6.04 Å². The Morgan fingerprint density at radius 2 is 1.67 bits per heavy atom. The summed E-state index contributed by atoms with van der Waals surface area (Å²) >= 11 is 0. The van der Waals surface area contributed by atoms with Gasteiger partial charge in [-0.05, 0) is 32.0 Å². The molecule has 1 aromatic carbocycles. The molecule has 2 aromatic heterocycles. The minimum atomic E-state index is -4.49. The van der Waals surface area contributed by atoms with Gasteiger partial charge in [-0.25, -0.2) is 4.98 Å². The molecule has 0 spiro atoms. The van der Waals surface area contributed by atoms with Gasteiger partial charge in [-0.2, -0.15) is 13.2 Å². The number of anilines is 3. The molecule has 0 aliphatic rings. The van der Waals surface area contributed by atoms with Crippen LogP contribution in [0.15, 0.2) is 60.8 Å². The van der Waals surface area contributed by atoms with Crippen LogP contribution in [0.2, 0.25) is 0 Å². The van der Waals surface area contributed by atoms with Crippen molar-refractivity contribution in [2.24, 2.45) is 0 Å². The molecule has 0 saturated heterocycles. The number of hydrogen-bond acceptors (Lipinski definition) is 4. The smallest absolute Gasteiger partial charge is 0.368 e. The van der Waals surface area contributed by atoms with E-state index in [0.29, 0.717) is 22.9 Å². The van der Waals surface area contributed by atoms with Crippen LogP contribution in [-0.2, 0) is 6.18 Å². The van der Waals surface area contributed by atoms with Crippen molar-refractivity contribution in [1.82, 2.24) is 9.97 Å². The van der Waals surface area contributed by atoms with E-state index >= 15 is 0 Å². The van der Waals surface area contributed by atoms with E-state index < -0.39 is 11.9 Å². The van der Waals surface area contributed by atoms with E-state index in [4.69, 9.17) is 0 Å². The lowest BCUT2D eigenvalue weighted by Crippen LogP contribution is -2.11. The molecule has 3 rings (SSSR count). The van der Waals surface area contributed by atoms with Crippen LogP contribution < -0.4 is 10.6 Å². The molecule has 0 aliphatic carbocycles. The summed E-state index contributed by atoms with van der Waals surface area (Å²) in [5.74, 6) is 0.638. The Balaban J connectivity index is 1.97. The van der Waals surface area contributed by atoms with E-state index in [1.54, 1.807) is 12.1 Å². The minimum absolute atomic E-state index is 0.161. The SMILES string of the molecule is CC(C)Nc1cc(Nc2ccnc(C(F)(F)F)c2)cc(-c2ccccc2)n1. The van der Waals surface area contributed by atoms with Gasteiger partial charge in [0.25, 0.3) is 0 Å². The number of hydrogen-bond donors (Lipinski definition) is 2. The summed E-state index contributed by atoms with van der Waals surface area (Å²) in [5.41, 5.74) is 1.63. The van der Waals surface area contributed by atoms with Crippen LogP contribution in [0.5, 0.6) is 0 Å². The average Bonchev–Trinajstić information content (AvgIpc) is 2.61. The standard InChI is InChI=1S/C20H19F3N4/c1-13(2)25-19-12-16(10-17(27-19)14-6-4-3-5-7-14)26-15-8-9-24-18(11-15)20(21,22)23/h3-13H,1-2H3,(H2,24,25,26,27). The lowest BCUT2D eigenvalue weighted by Gasteiger charge is -2.15. The number of benzene rings is 1. The van der Waals surface area contributed by atoms with Crippen LogP contribution in [0.25, 0.3) is 11.3 Å². The number of alkyl halides is 3. The minimum Gasteiger partial charge on any atom is -0.368 e. The molecule has 27 heavy (non-hydrogen) atoms. The summed E-state index contributed by atoms with van der Waals surface area (Å²) in [6.07, 6.45) is -3.35. The van der Waals surface area contributed by atoms with Crippen molar-refractivity contribution < 1.29 is 13.2 Å². The van der Waals surface area contributed by atoms with Gasteiger partial charge in [0.2, 0.25) is 0 Å². The van der Waals surface area contributed by atoms with E-state index in [1.165, 1.54) is 6.07 Å². The molecule has 0 amide bonds. The maximum Gasteiger partial charge on any atom is 0.433 e. The highest BCUT2D eigenvalue weighted by Crippen LogP contribution is 2.31. The number of nitrogens with one attached hydrogen (secondary N) is 2. The van der Waals surface area contributed by atoms with Gasteiger partial charge in [-0.15, -0.1) is 0 Å². The average molecular weight is 372 g/mol. The van der Waals surface area contributed by atoms with Crippen molar-refractivity contribution in [3.8, 4) is 11.3 Å². The molecule has 0 unspecified atom stereocenters. The van der Waals surface area contributed by atoms with Crippen molar-refractivity contribution in [3.05, 3.63) is 66.5 Å². The number of rotatable bonds is 5. The summed E-state index contributed by atoms with van der Waals surface area (Å²) in [7, 11) is 0. The summed E-state index contributed by atoms with van der Waals surface area (Å²) in [6, 6.07) is 15.8. The molecule has 0 atom stereocenters. The first-order valence-electron chi connectivity index (χ1n) is 8.45. The fourth-order valence-electron chi connectivity index (χ4n) is 2.56. The lowest BCUT2D eigenvalue weighted by atomic mass is 10.1. The van der Waals surface area contributed by atoms with Gasteiger partial charge >= 0.3 is 6.18 Å². The zero-order valence-electron chi connectivity index (χ0n) is 14.9. The summed E-state index contributed by atoms with van der Waals surface area (Å²) in [6.45, 7) is 3.98. The normalized spacial score (nSPS) is 11.5. The summed E-state index contributed by atoms with van der Waals surface area (Å²) in [4.78, 5) is 7.98. The van der Waals surface area contributed by atoms with Crippen molar-refractivity contribution >= 4 is 17.2 Å². The second kappa shape index (κ2) is 7.65. The highest BCUT2D eigenvalue weighted by atomic mass is 19.4. The number of nitrogens with zero attached hydrogens (tertiary/aromatic N) is 2.